The molecule has 1 aromatic heterocycles. The first-order valence-corrected chi connectivity index (χ1v) is 5.91. The van der Waals surface area contributed by atoms with Crippen LogP contribution >= 0.6 is 0 Å². The standard InChI is InChI=1S/C14H16N2O2/c1-10(2)13(14(17)18)11-5-3-4-6-12(11)16-8-7-15-9-16/h3-10,13H,1-2H3,(H,17,18). The molecular formula is C14H16N2O2. The number of nitrogens with zero attached hydrogens (tertiary/aromatic N) is 2. The van der Waals surface area contributed by atoms with Gasteiger partial charge in [0.2, 0.25) is 0 Å². The summed E-state index contributed by atoms with van der Waals surface area (Å²) in [5.41, 5.74) is 1.69. The van der Waals surface area contributed by atoms with Crippen molar-refractivity contribution in [3.05, 3.63) is 48.5 Å². The van der Waals surface area contributed by atoms with Gasteiger partial charge in [-0.1, -0.05) is 32.0 Å². The van der Waals surface area contributed by atoms with E-state index in [0.717, 1.165) is 11.3 Å². The van der Waals surface area contributed by atoms with Gasteiger partial charge in [-0.25, -0.2) is 4.98 Å². The number of rotatable bonds is 4. The molecule has 0 radical (unpaired) electrons. The summed E-state index contributed by atoms with van der Waals surface area (Å²) < 4.78 is 1.84. The molecule has 94 valence electrons. The fourth-order valence-corrected chi connectivity index (χ4v) is 2.16. The lowest BCUT2D eigenvalue weighted by atomic mass is 9.87. The molecule has 0 fully saturated rings. The van der Waals surface area contributed by atoms with Gasteiger partial charge >= 0.3 is 5.97 Å². The summed E-state index contributed by atoms with van der Waals surface area (Å²) in [5.74, 6) is -1.27. The van der Waals surface area contributed by atoms with Gasteiger partial charge in [0, 0.05) is 12.4 Å². The highest BCUT2D eigenvalue weighted by Crippen LogP contribution is 2.29. The topological polar surface area (TPSA) is 55.1 Å². The minimum atomic E-state index is -0.794. The number of benzene rings is 1. The molecule has 0 aliphatic carbocycles. The Morgan fingerprint density at radius 2 is 2.06 bits per heavy atom. The van der Waals surface area contributed by atoms with Gasteiger partial charge in [-0.05, 0) is 17.5 Å². The Kier molecular flexibility index (Phi) is 3.46. The van der Waals surface area contributed by atoms with Gasteiger partial charge in [-0.3, -0.25) is 4.79 Å². The number of imidazole rings is 1. The quantitative estimate of drug-likeness (QED) is 0.899. The maximum absolute atomic E-state index is 11.4. The van der Waals surface area contributed by atoms with E-state index in [0.29, 0.717) is 0 Å². The van der Waals surface area contributed by atoms with Gasteiger partial charge in [-0.2, -0.15) is 0 Å². The van der Waals surface area contributed by atoms with E-state index in [1.54, 1.807) is 12.5 Å². The van der Waals surface area contributed by atoms with Crippen LogP contribution in [0.25, 0.3) is 5.69 Å². The lowest BCUT2D eigenvalue weighted by molar-refractivity contribution is -0.139. The van der Waals surface area contributed by atoms with E-state index >= 15 is 0 Å². The Labute approximate surface area is 106 Å². The molecule has 1 N–H and O–H groups in total. The van der Waals surface area contributed by atoms with Crippen LogP contribution in [0.15, 0.2) is 43.0 Å². The van der Waals surface area contributed by atoms with Crippen molar-refractivity contribution in [1.82, 2.24) is 9.55 Å². The molecule has 0 amide bonds. The van der Waals surface area contributed by atoms with Crippen LogP contribution in [0.3, 0.4) is 0 Å². The summed E-state index contributed by atoms with van der Waals surface area (Å²) in [6.45, 7) is 3.84. The second kappa shape index (κ2) is 5.04. The summed E-state index contributed by atoms with van der Waals surface area (Å²) in [5, 5.41) is 9.39. The first kappa shape index (κ1) is 12.4. The van der Waals surface area contributed by atoms with Crippen LogP contribution in [0.2, 0.25) is 0 Å². The maximum Gasteiger partial charge on any atom is 0.311 e. The van der Waals surface area contributed by atoms with E-state index in [2.05, 4.69) is 4.98 Å². The van der Waals surface area contributed by atoms with E-state index in [1.165, 1.54) is 0 Å². The van der Waals surface area contributed by atoms with Crippen LogP contribution in [0.4, 0.5) is 0 Å². The third-order valence-electron chi connectivity index (χ3n) is 2.99. The Morgan fingerprint density at radius 1 is 1.33 bits per heavy atom. The second-order valence-electron chi connectivity index (χ2n) is 4.59. The number of carboxylic acid groups (broad SMARTS) is 1. The van der Waals surface area contributed by atoms with Gasteiger partial charge in [0.1, 0.15) is 0 Å². The minimum absolute atomic E-state index is 0.0344. The Morgan fingerprint density at radius 3 is 2.61 bits per heavy atom. The highest BCUT2D eigenvalue weighted by molar-refractivity contribution is 5.78. The molecule has 0 bridgehead atoms. The van der Waals surface area contributed by atoms with Gasteiger partial charge in [-0.15, -0.1) is 0 Å². The molecule has 1 unspecified atom stereocenters. The predicted octanol–water partition coefficient (Wildman–Crippen LogP) is 2.70. The Hall–Kier alpha value is -2.10. The number of carbonyl (C=O) groups is 1. The molecule has 4 nitrogen and oxygen atoms in total. The zero-order valence-electron chi connectivity index (χ0n) is 10.4. The van der Waals surface area contributed by atoms with Crippen LogP contribution in [-0.2, 0) is 4.79 Å². The van der Waals surface area contributed by atoms with E-state index in [1.807, 2.05) is 48.9 Å². The third kappa shape index (κ3) is 2.27. The first-order chi connectivity index (χ1) is 8.61. The molecule has 0 spiro atoms. The van der Waals surface area contributed by atoms with Gasteiger partial charge in [0.25, 0.3) is 0 Å². The van der Waals surface area contributed by atoms with Crippen molar-refractivity contribution in [2.45, 2.75) is 19.8 Å². The minimum Gasteiger partial charge on any atom is -0.481 e. The molecule has 2 aromatic rings. The van der Waals surface area contributed by atoms with E-state index in [4.69, 9.17) is 0 Å². The lowest BCUT2D eigenvalue weighted by Gasteiger charge is -2.20. The molecule has 1 atom stereocenters. The van der Waals surface area contributed by atoms with Crippen LogP contribution in [0.5, 0.6) is 0 Å². The predicted molar refractivity (Wildman–Crippen MR) is 68.8 cm³/mol. The van der Waals surface area contributed by atoms with Crippen LogP contribution in [0, 0.1) is 5.92 Å². The average molecular weight is 244 g/mol. The SMILES string of the molecule is CC(C)C(C(=O)O)c1ccccc1-n1ccnc1. The smallest absolute Gasteiger partial charge is 0.311 e. The van der Waals surface area contributed by atoms with Crippen molar-refractivity contribution in [3.63, 3.8) is 0 Å². The summed E-state index contributed by atoms with van der Waals surface area (Å²) in [6, 6.07) is 7.55. The summed E-state index contributed by atoms with van der Waals surface area (Å²) >= 11 is 0. The number of hydrogen-bond acceptors (Lipinski definition) is 2. The van der Waals surface area contributed by atoms with Crippen LogP contribution < -0.4 is 0 Å². The molecular weight excluding hydrogens is 228 g/mol. The zero-order valence-corrected chi connectivity index (χ0v) is 10.4. The number of aliphatic carboxylic acids is 1. The molecule has 0 saturated carbocycles. The van der Waals surface area contributed by atoms with Crippen molar-refractivity contribution in [1.29, 1.82) is 0 Å². The number of hydrogen-bond donors (Lipinski definition) is 1. The third-order valence-corrected chi connectivity index (χ3v) is 2.99. The van der Waals surface area contributed by atoms with Gasteiger partial charge < -0.3 is 9.67 Å². The number of para-hydroxylation sites is 1. The Balaban J connectivity index is 2.54. The van der Waals surface area contributed by atoms with E-state index in [-0.39, 0.29) is 5.92 Å². The highest BCUT2D eigenvalue weighted by Gasteiger charge is 2.26. The summed E-state index contributed by atoms with van der Waals surface area (Å²) in [6.07, 6.45) is 5.18. The zero-order chi connectivity index (χ0) is 13.1. The normalized spacial score (nSPS) is 12.6. The second-order valence-corrected chi connectivity index (χ2v) is 4.59. The molecule has 0 saturated heterocycles. The van der Waals surface area contributed by atoms with Crippen molar-refractivity contribution < 1.29 is 9.90 Å². The lowest BCUT2D eigenvalue weighted by Crippen LogP contribution is -2.19. The molecule has 1 heterocycles. The fourth-order valence-electron chi connectivity index (χ4n) is 2.16. The van der Waals surface area contributed by atoms with Crippen LogP contribution in [-0.4, -0.2) is 20.6 Å². The number of carboxylic acids is 1. The largest absolute Gasteiger partial charge is 0.481 e. The van der Waals surface area contributed by atoms with E-state index in [9.17, 15) is 9.90 Å². The molecule has 4 heteroatoms. The molecule has 0 aliphatic heterocycles. The van der Waals surface area contributed by atoms with Gasteiger partial charge in [0.15, 0.2) is 0 Å². The summed E-state index contributed by atoms with van der Waals surface area (Å²) in [7, 11) is 0. The van der Waals surface area contributed by atoms with E-state index < -0.39 is 11.9 Å². The van der Waals surface area contributed by atoms with Crippen molar-refractivity contribution in [2.24, 2.45) is 5.92 Å². The first-order valence-electron chi connectivity index (χ1n) is 5.91. The average Bonchev–Trinajstić information content (AvgIpc) is 2.82. The Bertz CT molecular complexity index is 532. The van der Waals surface area contributed by atoms with Crippen LogP contribution in [0.1, 0.15) is 25.3 Å². The molecule has 1 aromatic carbocycles. The highest BCUT2D eigenvalue weighted by atomic mass is 16.4. The van der Waals surface area contributed by atoms with Crippen molar-refractivity contribution in [2.75, 3.05) is 0 Å². The molecule has 18 heavy (non-hydrogen) atoms. The molecule has 0 aliphatic rings. The molecule has 2 rings (SSSR count). The van der Waals surface area contributed by atoms with Crippen molar-refractivity contribution in [3.8, 4) is 5.69 Å². The van der Waals surface area contributed by atoms with Crippen molar-refractivity contribution >= 4 is 5.97 Å². The maximum atomic E-state index is 11.4. The summed E-state index contributed by atoms with van der Waals surface area (Å²) in [4.78, 5) is 15.4. The monoisotopic (exact) mass is 244 g/mol. The fraction of sp³-hybridized carbons (Fsp3) is 0.286. The van der Waals surface area contributed by atoms with Gasteiger partial charge in [0.05, 0.1) is 17.9 Å². The number of aromatic nitrogens is 2.